The number of hydrogen-bond acceptors (Lipinski definition) is 3. The van der Waals surface area contributed by atoms with E-state index in [1.54, 1.807) is 12.3 Å². The lowest BCUT2D eigenvalue weighted by Crippen LogP contribution is -2.33. The van der Waals surface area contributed by atoms with E-state index in [1.165, 1.54) is 37.8 Å². The summed E-state index contributed by atoms with van der Waals surface area (Å²) in [5.41, 5.74) is 3.86. The summed E-state index contributed by atoms with van der Waals surface area (Å²) in [4.78, 5) is 19.0. The van der Waals surface area contributed by atoms with Crippen molar-refractivity contribution in [2.75, 3.05) is 17.3 Å². The topological polar surface area (TPSA) is 45.2 Å². The lowest BCUT2D eigenvalue weighted by molar-refractivity contribution is -0.111. The molecule has 4 heteroatoms. The quantitative estimate of drug-likeness (QED) is 0.577. The first-order valence-corrected chi connectivity index (χ1v) is 10.4. The van der Waals surface area contributed by atoms with E-state index in [1.807, 2.05) is 36.4 Å². The first kappa shape index (κ1) is 19.2. The van der Waals surface area contributed by atoms with Gasteiger partial charge < -0.3 is 10.2 Å². The molecule has 0 saturated heterocycles. The Balaban J connectivity index is 1.37. The Kier molecular flexibility index (Phi) is 5.89. The van der Waals surface area contributed by atoms with Crippen LogP contribution in [0.5, 0.6) is 0 Å². The highest BCUT2D eigenvalue weighted by Gasteiger charge is 2.18. The third kappa shape index (κ3) is 4.83. The van der Waals surface area contributed by atoms with Gasteiger partial charge >= 0.3 is 0 Å². The smallest absolute Gasteiger partial charge is 0.248 e. The van der Waals surface area contributed by atoms with Crippen molar-refractivity contribution in [1.29, 1.82) is 0 Å². The molecule has 0 aliphatic heterocycles. The van der Waals surface area contributed by atoms with Gasteiger partial charge in [0.1, 0.15) is 0 Å². The summed E-state index contributed by atoms with van der Waals surface area (Å²) in [6, 6.07) is 18.8. The van der Waals surface area contributed by atoms with Gasteiger partial charge in [0.15, 0.2) is 0 Å². The van der Waals surface area contributed by atoms with Crippen LogP contribution in [-0.2, 0) is 4.79 Å². The number of pyridine rings is 1. The van der Waals surface area contributed by atoms with Crippen LogP contribution < -0.4 is 10.2 Å². The van der Waals surface area contributed by atoms with Crippen LogP contribution in [0, 0.1) is 0 Å². The Morgan fingerprint density at radius 3 is 2.62 bits per heavy atom. The molecule has 3 aromatic rings. The molecule has 0 radical (unpaired) electrons. The number of anilines is 2. The average molecular weight is 386 g/mol. The molecule has 1 fully saturated rings. The van der Waals surface area contributed by atoms with E-state index in [2.05, 4.69) is 46.5 Å². The number of para-hydroxylation sites is 1. The van der Waals surface area contributed by atoms with Crippen LogP contribution >= 0.6 is 0 Å². The monoisotopic (exact) mass is 385 g/mol. The second-order valence-corrected chi connectivity index (χ2v) is 7.73. The second kappa shape index (κ2) is 8.91. The maximum Gasteiger partial charge on any atom is 0.248 e. The Labute approximate surface area is 172 Å². The molecule has 0 atom stereocenters. The highest BCUT2D eigenvalue weighted by Crippen LogP contribution is 2.26. The molecule has 0 unspecified atom stereocenters. The average Bonchev–Trinajstić information content (AvgIpc) is 2.78. The largest absolute Gasteiger partial charge is 0.372 e. The predicted molar refractivity (Wildman–Crippen MR) is 121 cm³/mol. The number of rotatable bonds is 5. The van der Waals surface area contributed by atoms with Crippen molar-refractivity contribution in [3.05, 3.63) is 72.4 Å². The number of hydrogen-bond donors (Lipinski definition) is 1. The number of nitrogens with zero attached hydrogens (tertiary/aromatic N) is 2. The summed E-state index contributed by atoms with van der Waals surface area (Å²) in [7, 11) is 2.19. The van der Waals surface area contributed by atoms with Crippen LogP contribution in [0.4, 0.5) is 11.4 Å². The fourth-order valence-electron chi connectivity index (χ4n) is 3.99. The summed E-state index contributed by atoms with van der Waals surface area (Å²) in [5, 5.41) is 3.89. The maximum atomic E-state index is 12.3. The van der Waals surface area contributed by atoms with Crippen molar-refractivity contribution in [3.8, 4) is 0 Å². The highest BCUT2D eigenvalue weighted by molar-refractivity contribution is 6.02. The van der Waals surface area contributed by atoms with Crippen molar-refractivity contribution < 1.29 is 4.79 Å². The van der Waals surface area contributed by atoms with E-state index in [0.717, 1.165) is 16.5 Å². The molecule has 29 heavy (non-hydrogen) atoms. The first-order chi connectivity index (χ1) is 14.2. The Bertz CT molecular complexity index is 1000. The minimum absolute atomic E-state index is 0.162. The third-order valence-electron chi connectivity index (χ3n) is 5.71. The fourth-order valence-corrected chi connectivity index (χ4v) is 3.99. The normalized spacial score (nSPS) is 14.9. The molecule has 1 N–H and O–H groups in total. The number of fused-ring (bicyclic) bond motifs is 1. The van der Waals surface area contributed by atoms with Crippen molar-refractivity contribution in [2.24, 2.45) is 0 Å². The number of carbonyl (C=O) groups excluding carboxylic acids is 1. The van der Waals surface area contributed by atoms with Gasteiger partial charge in [0.2, 0.25) is 5.91 Å². The van der Waals surface area contributed by atoms with E-state index in [9.17, 15) is 4.79 Å². The van der Waals surface area contributed by atoms with Gasteiger partial charge in [-0.25, -0.2) is 0 Å². The minimum atomic E-state index is -0.162. The number of amides is 1. The van der Waals surface area contributed by atoms with Crippen LogP contribution in [0.15, 0.2) is 66.9 Å². The zero-order chi connectivity index (χ0) is 20.1. The molecule has 4 nitrogen and oxygen atoms in total. The minimum Gasteiger partial charge on any atom is -0.372 e. The van der Waals surface area contributed by atoms with E-state index in [0.29, 0.717) is 11.7 Å². The molecule has 148 valence electrons. The zero-order valence-corrected chi connectivity index (χ0v) is 16.8. The molecule has 2 aromatic carbocycles. The van der Waals surface area contributed by atoms with Crippen molar-refractivity contribution in [3.63, 3.8) is 0 Å². The Hall–Kier alpha value is -3.14. The summed E-state index contributed by atoms with van der Waals surface area (Å²) >= 11 is 0. The van der Waals surface area contributed by atoms with Crippen LogP contribution in [0.1, 0.15) is 37.7 Å². The van der Waals surface area contributed by atoms with Gasteiger partial charge in [0.05, 0.1) is 17.4 Å². The molecule has 0 spiro atoms. The lowest BCUT2D eigenvalue weighted by Gasteiger charge is -2.33. The predicted octanol–water partition coefficient (Wildman–Crippen LogP) is 5.66. The number of benzene rings is 2. The van der Waals surface area contributed by atoms with Gasteiger partial charge in [-0.05, 0) is 48.7 Å². The van der Waals surface area contributed by atoms with Crippen LogP contribution in [-0.4, -0.2) is 24.0 Å². The van der Waals surface area contributed by atoms with Crippen LogP contribution in [0.25, 0.3) is 17.0 Å². The standard InChI is InChI=1S/C25H27N3O/c1-28(22-8-3-2-4-9-22)23-14-11-19(12-15-23)13-16-25(29)27-21-17-20-7-5-6-10-24(20)26-18-21/h5-7,10-18,22H,2-4,8-9H2,1H3,(H,27,29)/b16-13+. The van der Waals surface area contributed by atoms with Gasteiger partial charge in [-0.3, -0.25) is 9.78 Å². The SMILES string of the molecule is CN(c1ccc(/C=C/C(=O)Nc2cnc3ccccc3c2)cc1)C1CCCCC1. The van der Waals surface area contributed by atoms with E-state index in [-0.39, 0.29) is 5.91 Å². The van der Waals surface area contributed by atoms with Crippen molar-refractivity contribution in [2.45, 2.75) is 38.1 Å². The van der Waals surface area contributed by atoms with Gasteiger partial charge in [0, 0.05) is 30.2 Å². The summed E-state index contributed by atoms with van der Waals surface area (Å²) in [6.07, 6.45) is 11.7. The highest BCUT2D eigenvalue weighted by atomic mass is 16.1. The molecule has 1 saturated carbocycles. The maximum absolute atomic E-state index is 12.3. The molecule has 1 aliphatic rings. The van der Waals surface area contributed by atoms with E-state index < -0.39 is 0 Å². The van der Waals surface area contributed by atoms with Gasteiger partial charge in [-0.2, -0.15) is 0 Å². The number of nitrogens with one attached hydrogen (secondary N) is 1. The molecule has 1 aromatic heterocycles. The molecular weight excluding hydrogens is 358 g/mol. The molecule has 0 bridgehead atoms. The molecular formula is C25H27N3O. The summed E-state index contributed by atoms with van der Waals surface area (Å²) < 4.78 is 0. The number of aromatic nitrogens is 1. The Morgan fingerprint density at radius 1 is 1.07 bits per heavy atom. The van der Waals surface area contributed by atoms with Crippen LogP contribution in [0.2, 0.25) is 0 Å². The first-order valence-electron chi connectivity index (χ1n) is 10.4. The number of carbonyl (C=O) groups is 1. The molecule has 1 amide bonds. The Morgan fingerprint density at radius 2 is 1.83 bits per heavy atom. The van der Waals surface area contributed by atoms with E-state index in [4.69, 9.17) is 0 Å². The third-order valence-corrected chi connectivity index (χ3v) is 5.71. The molecule has 4 rings (SSSR count). The molecule has 1 heterocycles. The summed E-state index contributed by atoms with van der Waals surface area (Å²) in [5.74, 6) is -0.162. The second-order valence-electron chi connectivity index (χ2n) is 7.73. The zero-order valence-electron chi connectivity index (χ0n) is 16.8. The van der Waals surface area contributed by atoms with Gasteiger partial charge in [0.25, 0.3) is 0 Å². The van der Waals surface area contributed by atoms with Crippen LogP contribution in [0.3, 0.4) is 0 Å². The molecule has 1 aliphatic carbocycles. The fraction of sp³-hybridized carbons (Fsp3) is 0.280. The van der Waals surface area contributed by atoms with Crippen molar-refractivity contribution >= 4 is 34.3 Å². The lowest BCUT2D eigenvalue weighted by atomic mass is 9.94. The van der Waals surface area contributed by atoms with Gasteiger partial charge in [-0.15, -0.1) is 0 Å². The van der Waals surface area contributed by atoms with E-state index >= 15 is 0 Å². The summed E-state index contributed by atoms with van der Waals surface area (Å²) in [6.45, 7) is 0. The van der Waals surface area contributed by atoms with Crippen molar-refractivity contribution in [1.82, 2.24) is 4.98 Å². The van der Waals surface area contributed by atoms with Gasteiger partial charge in [-0.1, -0.05) is 49.6 Å².